The predicted octanol–water partition coefficient (Wildman–Crippen LogP) is -0.373. The maximum absolute atomic E-state index is 12.8. The van der Waals surface area contributed by atoms with E-state index in [9.17, 15) is 19.2 Å². The highest BCUT2D eigenvalue weighted by molar-refractivity contribution is 5.94. The molecular weight excluding hydrogens is 362 g/mol. The van der Waals surface area contributed by atoms with Gasteiger partial charge in [0, 0.05) is 13.0 Å². The molecule has 1 aliphatic heterocycles. The van der Waals surface area contributed by atoms with Crippen LogP contribution in [0.3, 0.4) is 0 Å². The summed E-state index contributed by atoms with van der Waals surface area (Å²) in [5.41, 5.74) is 10.7. The normalized spacial score (nSPS) is 18.6. The van der Waals surface area contributed by atoms with Crippen LogP contribution in [-0.2, 0) is 19.2 Å². The monoisotopic (exact) mass is 397 g/mol. The zero-order valence-corrected chi connectivity index (χ0v) is 17.2. The predicted molar refractivity (Wildman–Crippen MR) is 106 cm³/mol. The molecule has 3 atom stereocenters. The summed E-state index contributed by atoms with van der Waals surface area (Å²) in [4.78, 5) is 50.5. The number of amides is 4. The Hall–Kier alpha value is -2.16. The molecule has 0 aliphatic carbocycles. The summed E-state index contributed by atoms with van der Waals surface area (Å²) in [6.07, 6.45) is 3.57. The number of nitrogens with one attached hydrogen (secondary N) is 2. The third-order valence-electron chi connectivity index (χ3n) is 4.85. The van der Waals surface area contributed by atoms with E-state index in [0.717, 1.165) is 12.8 Å². The first kappa shape index (κ1) is 23.9. The van der Waals surface area contributed by atoms with Gasteiger partial charge in [-0.25, -0.2) is 0 Å². The molecule has 28 heavy (non-hydrogen) atoms. The van der Waals surface area contributed by atoms with E-state index in [0.29, 0.717) is 38.8 Å². The van der Waals surface area contributed by atoms with E-state index in [1.165, 1.54) is 6.92 Å². The lowest BCUT2D eigenvalue weighted by molar-refractivity contribution is -0.139. The van der Waals surface area contributed by atoms with Crippen LogP contribution in [0.2, 0.25) is 0 Å². The van der Waals surface area contributed by atoms with E-state index in [1.54, 1.807) is 4.90 Å². The second-order valence-electron chi connectivity index (χ2n) is 7.81. The van der Waals surface area contributed by atoms with Crippen molar-refractivity contribution in [1.82, 2.24) is 15.5 Å². The molecule has 4 amide bonds. The van der Waals surface area contributed by atoms with Crippen molar-refractivity contribution in [3.63, 3.8) is 0 Å². The Balaban J connectivity index is 2.75. The molecule has 6 N–H and O–H groups in total. The van der Waals surface area contributed by atoms with Crippen LogP contribution >= 0.6 is 0 Å². The zero-order valence-electron chi connectivity index (χ0n) is 17.2. The van der Waals surface area contributed by atoms with Crippen LogP contribution in [0.15, 0.2) is 0 Å². The van der Waals surface area contributed by atoms with Gasteiger partial charge in [0.2, 0.25) is 23.6 Å². The largest absolute Gasteiger partial charge is 0.368 e. The van der Waals surface area contributed by atoms with E-state index in [1.807, 2.05) is 13.8 Å². The second kappa shape index (κ2) is 11.6. The molecule has 1 aliphatic rings. The molecule has 9 nitrogen and oxygen atoms in total. The van der Waals surface area contributed by atoms with Gasteiger partial charge in [-0.1, -0.05) is 13.8 Å². The van der Waals surface area contributed by atoms with Gasteiger partial charge in [0.1, 0.15) is 18.1 Å². The minimum atomic E-state index is -0.828. The smallest absolute Gasteiger partial charge is 0.243 e. The first-order valence-corrected chi connectivity index (χ1v) is 10.1. The fourth-order valence-corrected chi connectivity index (χ4v) is 3.26. The summed E-state index contributed by atoms with van der Waals surface area (Å²) in [6, 6.07) is -2.18. The van der Waals surface area contributed by atoms with Crippen molar-refractivity contribution < 1.29 is 19.2 Å². The van der Waals surface area contributed by atoms with Crippen molar-refractivity contribution in [2.24, 2.45) is 17.4 Å². The summed E-state index contributed by atoms with van der Waals surface area (Å²) in [5, 5.41) is 5.30. The molecule has 9 heteroatoms. The van der Waals surface area contributed by atoms with Gasteiger partial charge in [-0.05, 0) is 51.5 Å². The average Bonchev–Trinajstić information content (AvgIpc) is 3.10. The molecule has 0 aromatic heterocycles. The van der Waals surface area contributed by atoms with Crippen molar-refractivity contribution in [2.45, 2.75) is 77.4 Å². The molecule has 0 spiro atoms. The van der Waals surface area contributed by atoms with Crippen molar-refractivity contribution >= 4 is 23.6 Å². The molecule has 160 valence electrons. The van der Waals surface area contributed by atoms with E-state index >= 15 is 0 Å². The van der Waals surface area contributed by atoms with Crippen LogP contribution in [-0.4, -0.2) is 59.7 Å². The molecule has 0 saturated carbocycles. The summed E-state index contributed by atoms with van der Waals surface area (Å²) >= 11 is 0. The summed E-state index contributed by atoms with van der Waals surface area (Å²) in [6.45, 7) is 6.44. The lowest BCUT2D eigenvalue weighted by atomic mass is 10.0. The van der Waals surface area contributed by atoms with Gasteiger partial charge in [-0.2, -0.15) is 0 Å². The van der Waals surface area contributed by atoms with Gasteiger partial charge in [0.25, 0.3) is 0 Å². The molecule has 0 radical (unpaired) electrons. The minimum absolute atomic E-state index is 0.0571. The van der Waals surface area contributed by atoms with E-state index in [4.69, 9.17) is 11.5 Å². The molecular formula is C19H35N5O4. The fourth-order valence-electron chi connectivity index (χ4n) is 3.26. The summed E-state index contributed by atoms with van der Waals surface area (Å²) in [5.74, 6) is -1.34. The molecule has 1 heterocycles. The van der Waals surface area contributed by atoms with Gasteiger partial charge < -0.3 is 27.0 Å². The van der Waals surface area contributed by atoms with Crippen LogP contribution in [0.1, 0.15) is 59.3 Å². The van der Waals surface area contributed by atoms with E-state index < -0.39 is 29.9 Å². The van der Waals surface area contributed by atoms with E-state index in [2.05, 4.69) is 10.6 Å². The number of nitrogens with two attached hydrogens (primary N) is 2. The maximum Gasteiger partial charge on any atom is 0.243 e. The van der Waals surface area contributed by atoms with Crippen LogP contribution in [0.5, 0.6) is 0 Å². The van der Waals surface area contributed by atoms with Crippen LogP contribution in [0.25, 0.3) is 0 Å². The van der Waals surface area contributed by atoms with Gasteiger partial charge in [-0.3, -0.25) is 19.2 Å². The Bertz CT molecular complexity index is 567. The quantitative estimate of drug-likeness (QED) is 0.351. The number of carbonyl (C=O) groups excluding carboxylic acids is 4. The van der Waals surface area contributed by atoms with Gasteiger partial charge in [0.05, 0.1) is 0 Å². The summed E-state index contributed by atoms with van der Waals surface area (Å²) in [7, 11) is 0. The van der Waals surface area contributed by atoms with Gasteiger partial charge >= 0.3 is 0 Å². The Morgan fingerprint density at radius 1 is 1.11 bits per heavy atom. The van der Waals surface area contributed by atoms with Gasteiger partial charge in [0.15, 0.2) is 0 Å². The Labute approximate surface area is 166 Å². The first-order chi connectivity index (χ1) is 13.2. The fraction of sp³-hybridized carbons (Fsp3) is 0.789. The number of rotatable bonds is 11. The summed E-state index contributed by atoms with van der Waals surface area (Å²) < 4.78 is 0. The standard InChI is InChI=1S/C19H35N5O4/c1-12(2)11-14(18(27)22-13(3)17(21)26)23-19(28)15-7-6-10-24(15)16(25)8-4-5-9-20/h12-15H,4-11,20H2,1-3H3,(H2,21,26)(H,22,27)(H,23,28)/t13-,14-,15?/m0/s1. The highest BCUT2D eigenvalue weighted by Crippen LogP contribution is 2.20. The first-order valence-electron chi connectivity index (χ1n) is 10.1. The Morgan fingerprint density at radius 2 is 1.79 bits per heavy atom. The highest BCUT2D eigenvalue weighted by Gasteiger charge is 2.35. The van der Waals surface area contributed by atoms with Crippen molar-refractivity contribution in [2.75, 3.05) is 13.1 Å². The number of nitrogens with zero attached hydrogens (tertiary/aromatic N) is 1. The third-order valence-corrected chi connectivity index (χ3v) is 4.85. The molecule has 1 unspecified atom stereocenters. The molecule has 0 aromatic carbocycles. The molecule has 1 fully saturated rings. The third kappa shape index (κ3) is 7.46. The van der Waals surface area contributed by atoms with Crippen LogP contribution < -0.4 is 22.1 Å². The number of carbonyl (C=O) groups is 4. The number of hydrogen-bond acceptors (Lipinski definition) is 5. The second-order valence-corrected chi connectivity index (χ2v) is 7.81. The lowest BCUT2D eigenvalue weighted by Crippen LogP contribution is -2.55. The minimum Gasteiger partial charge on any atom is -0.368 e. The molecule has 0 aromatic rings. The number of unbranched alkanes of at least 4 members (excludes halogenated alkanes) is 1. The van der Waals surface area contributed by atoms with Crippen LogP contribution in [0.4, 0.5) is 0 Å². The Morgan fingerprint density at radius 3 is 2.36 bits per heavy atom. The number of primary amides is 1. The zero-order chi connectivity index (χ0) is 21.3. The Kier molecular flexibility index (Phi) is 9.92. The van der Waals surface area contributed by atoms with Crippen molar-refractivity contribution in [1.29, 1.82) is 0 Å². The molecule has 0 bridgehead atoms. The van der Waals surface area contributed by atoms with Crippen LogP contribution in [0, 0.1) is 5.92 Å². The SMILES string of the molecule is CC(C)C[C@H](NC(=O)C1CCCN1C(=O)CCCCN)C(=O)N[C@@H](C)C(N)=O. The van der Waals surface area contributed by atoms with Crippen molar-refractivity contribution in [3.8, 4) is 0 Å². The number of likely N-dealkylation sites (tertiary alicyclic amines) is 1. The maximum atomic E-state index is 12.8. The average molecular weight is 398 g/mol. The topological polar surface area (TPSA) is 148 Å². The number of hydrogen-bond donors (Lipinski definition) is 4. The molecule has 1 saturated heterocycles. The highest BCUT2D eigenvalue weighted by atomic mass is 16.2. The van der Waals surface area contributed by atoms with Gasteiger partial charge in [-0.15, -0.1) is 0 Å². The van der Waals surface area contributed by atoms with E-state index in [-0.39, 0.29) is 17.7 Å². The lowest BCUT2D eigenvalue weighted by Gasteiger charge is -2.27. The molecule has 1 rings (SSSR count). The van der Waals surface area contributed by atoms with Crippen molar-refractivity contribution in [3.05, 3.63) is 0 Å².